The van der Waals surface area contributed by atoms with E-state index in [9.17, 15) is 0 Å². The van der Waals surface area contributed by atoms with E-state index in [4.69, 9.17) is 0 Å². The van der Waals surface area contributed by atoms with Crippen molar-refractivity contribution >= 4 is 5.96 Å². The first-order valence-electron chi connectivity index (χ1n) is 10.1. The van der Waals surface area contributed by atoms with Crippen molar-refractivity contribution in [3.05, 3.63) is 71.3 Å². The van der Waals surface area contributed by atoms with Crippen molar-refractivity contribution in [2.45, 2.75) is 19.6 Å². The van der Waals surface area contributed by atoms with Crippen molar-refractivity contribution < 1.29 is 0 Å². The van der Waals surface area contributed by atoms with E-state index in [1.54, 1.807) is 0 Å². The van der Waals surface area contributed by atoms with E-state index in [2.05, 4.69) is 87.6 Å². The maximum Gasteiger partial charge on any atom is 0.193 e. The van der Waals surface area contributed by atoms with Crippen LogP contribution in [0.25, 0.3) is 0 Å². The Morgan fingerprint density at radius 3 is 2.21 bits per heavy atom. The van der Waals surface area contributed by atoms with Crippen molar-refractivity contribution in [2.75, 3.05) is 47.3 Å². The molecule has 0 saturated carbocycles. The van der Waals surface area contributed by atoms with Crippen molar-refractivity contribution in [2.24, 2.45) is 4.99 Å². The maximum atomic E-state index is 4.42. The molecule has 3 rings (SSSR count). The Balaban J connectivity index is 1.48. The number of nitrogens with zero attached hydrogens (tertiary/aromatic N) is 4. The smallest absolute Gasteiger partial charge is 0.193 e. The second kappa shape index (κ2) is 10.2. The minimum Gasteiger partial charge on any atom is -0.352 e. The lowest BCUT2D eigenvalue weighted by atomic mass is 10.1. The van der Waals surface area contributed by atoms with Crippen molar-refractivity contribution in [1.29, 1.82) is 0 Å². The summed E-state index contributed by atoms with van der Waals surface area (Å²) in [6.45, 7) is 7.30. The van der Waals surface area contributed by atoms with Gasteiger partial charge in [-0.2, -0.15) is 0 Å². The van der Waals surface area contributed by atoms with Crippen LogP contribution in [-0.2, 0) is 19.6 Å². The second-order valence-electron chi connectivity index (χ2n) is 7.64. The van der Waals surface area contributed by atoms with Crippen LogP contribution < -0.4 is 5.32 Å². The number of nitrogens with one attached hydrogen (secondary N) is 1. The number of aliphatic imine (C=N–C) groups is 1. The lowest BCUT2D eigenvalue weighted by molar-refractivity contribution is 0.148. The van der Waals surface area contributed by atoms with Gasteiger partial charge >= 0.3 is 0 Å². The van der Waals surface area contributed by atoms with Gasteiger partial charge in [0.1, 0.15) is 0 Å². The van der Waals surface area contributed by atoms with E-state index in [1.807, 2.05) is 13.1 Å². The summed E-state index contributed by atoms with van der Waals surface area (Å²) < 4.78 is 0. The van der Waals surface area contributed by atoms with E-state index in [1.165, 1.54) is 16.7 Å². The van der Waals surface area contributed by atoms with Crippen LogP contribution in [0.5, 0.6) is 0 Å². The van der Waals surface area contributed by atoms with E-state index in [0.717, 1.165) is 51.8 Å². The number of rotatable bonds is 6. The molecule has 0 aromatic heterocycles. The summed E-state index contributed by atoms with van der Waals surface area (Å²) in [5.41, 5.74) is 3.94. The first-order chi connectivity index (χ1) is 13.6. The predicted molar refractivity (Wildman–Crippen MR) is 117 cm³/mol. The minimum absolute atomic E-state index is 0.778. The fourth-order valence-corrected chi connectivity index (χ4v) is 3.52. The van der Waals surface area contributed by atoms with Crippen LogP contribution in [0.1, 0.15) is 16.7 Å². The summed E-state index contributed by atoms with van der Waals surface area (Å²) in [4.78, 5) is 11.5. The van der Waals surface area contributed by atoms with Crippen molar-refractivity contribution in [1.82, 2.24) is 20.0 Å². The molecule has 0 aliphatic carbocycles. The van der Waals surface area contributed by atoms with Gasteiger partial charge in [-0.05, 0) is 23.7 Å². The highest BCUT2D eigenvalue weighted by molar-refractivity contribution is 5.79. The summed E-state index contributed by atoms with van der Waals surface area (Å²) in [5, 5.41) is 3.47. The zero-order valence-corrected chi connectivity index (χ0v) is 17.4. The molecule has 1 heterocycles. The Labute approximate surface area is 169 Å². The van der Waals surface area contributed by atoms with Gasteiger partial charge in [-0.3, -0.25) is 9.89 Å². The van der Waals surface area contributed by atoms with Crippen LogP contribution in [0.3, 0.4) is 0 Å². The first-order valence-corrected chi connectivity index (χ1v) is 10.1. The number of guanidine groups is 1. The molecule has 1 fully saturated rings. The zero-order chi connectivity index (χ0) is 19.8. The monoisotopic (exact) mass is 379 g/mol. The molecular formula is C23H33N5. The molecule has 0 spiro atoms. The van der Waals surface area contributed by atoms with Crippen LogP contribution in [0, 0.1) is 0 Å². The molecule has 1 saturated heterocycles. The van der Waals surface area contributed by atoms with Crippen molar-refractivity contribution in [3.63, 3.8) is 0 Å². The van der Waals surface area contributed by atoms with Gasteiger partial charge in [0.2, 0.25) is 0 Å². The van der Waals surface area contributed by atoms with Gasteiger partial charge in [-0.25, -0.2) is 0 Å². The van der Waals surface area contributed by atoms with Gasteiger partial charge in [0.15, 0.2) is 5.96 Å². The average Bonchev–Trinajstić information content (AvgIpc) is 2.72. The van der Waals surface area contributed by atoms with E-state index in [0.29, 0.717) is 0 Å². The molecule has 5 heteroatoms. The Morgan fingerprint density at radius 2 is 1.57 bits per heavy atom. The Morgan fingerprint density at radius 1 is 0.929 bits per heavy atom. The van der Waals surface area contributed by atoms with Gasteiger partial charge in [-0.1, -0.05) is 54.6 Å². The van der Waals surface area contributed by atoms with Gasteiger partial charge in [0, 0.05) is 59.9 Å². The molecule has 2 aromatic carbocycles. The highest BCUT2D eigenvalue weighted by Gasteiger charge is 2.13. The largest absolute Gasteiger partial charge is 0.352 e. The highest BCUT2D eigenvalue weighted by atomic mass is 15.3. The predicted octanol–water partition coefficient (Wildman–Crippen LogP) is 2.64. The van der Waals surface area contributed by atoms with Crippen LogP contribution in [-0.4, -0.2) is 68.0 Å². The number of benzene rings is 2. The SMILES string of the molecule is CN=C(NCc1ccc(CN2CCN(C)CC2)cc1)N(C)Cc1ccccc1. The normalized spacial score (nSPS) is 16.2. The van der Waals surface area contributed by atoms with Crippen LogP contribution >= 0.6 is 0 Å². The minimum atomic E-state index is 0.778. The molecule has 0 unspecified atom stereocenters. The highest BCUT2D eigenvalue weighted by Crippen LogP contribution is 2.10. The van der Waals surface area contributed by atoms with Gasteiger partial charge in [-0.15, -0.1) is 0 Å². The summed E-state index contributed by atoms with van der Waals surface area (Å²) in [7, 11) is 6.11. The van der Waals surface area contributed by atoms with Gasteiger partial charge in [0.25, 0.3) is 0 Å². The molecule has 0 atom stereocenters. The van der Waals surface area contributed by atoms with Crippen LogP contribution in [0.15, 0.2) is 59.6 Å². The third kappa shape index (κ3) is 6.08. The molecule has 0 amide bonds. The molecule has 1 aliphatic heterocycles. The molecule has 1 aliphatic rings. The van der Waals surface area contributed by atoms with Gasteiger partial charge < -0.3 is 15.1 Å². The first kappa shape index (κ1) is 20.4. The second-order valence-corrected chi connectivity index (χ2v) is 7.64. The zero-order valence-electron chi connectivity index (χ0n) is 17.4. The van der Waals surface area contributed by atoms with E-state index < -0.39 is 0 Å². The van der Waals surface area contributed by atoms with Crippen LogP contribution in [0.4, 0.5) is 0 Å². The number of hydrogen-bond donors (Lipinski definition) is 1. The standard InChI is InChI=1S/C23H33N5/c1-24-23(27(3)18-21-7-5-4-6-8-21)25-17-20-9-11-22(12-10-20)19-28-15-13-26(2)14-16-28/h4-12H,13-19H2,1-3H3,(H,24,25). The van der Waals surface area contributed by atoms with Crippen LogP contribution in [0.2, 0.25) is 0 Å². The van der Waals surface area contributed by atoms with E-state index in [-0.39, 0.29) is 0 Å². The average molecular weight is 380 g/mol. The molecule has 0 radical (unpaired) electrons. The number of piperazine rings is 1. The lowest BCUT2D eigenvalue weighted by Gasteiger charge is -2.32. The molecule has 0 bridgehead atoms. The van der Waals surface area contributed by atoms with Crippen molar-refractivity contribution in [3.8, 4) is 0 Å². The van der Waals surface area contributed by atoms with E-state index >= 15 is 0 Å². The molecule has 28 heavy (non-hydrogen) atoms. The third-order valence-corrected chi connectivity index (χ3v) is 5.31. The molecular weight excluding hydrogens is 346 g/mol. The summed E-state index contributed by atoms with van der Waals surface area (Å²) in [6, 6.07) is 19.4. The quantitative estimate of drug-likeness (QED) is 0.618. The fourth-order valence-electron chi connectivity index (χ4n) is 3.52. The summed E-state index contributed by atoms with van der Waals surface area (Å²) in [5.74, 6) is 0.908. The molecule has 1 N–H and O–H groups in total. The summed E-state index contributed by atoms with van der Waals surface area (Å²) in [6.07, 6.45) is 0. The lowest BCUT2D eigenvalue weighted by Crippen LogP contribution is -2.43. The molecule has 150 valence electrons. The Bertz CT molecular complexity index is 733. The molecule has 2 aromatic rings. The number of hydrogen-bond acceptors (Lipinski definition) is 3. The molecule has 5 nitrogen and oxygen atoms in total. The maximum absolute atomic E-state index is 4.42. The Kier molecular flexibility index (Phi) is 7.46. The third-order valence-electron chi connectivity index (χ3n) is 5.31. The van der Waals surface area contributed by atoms with Gasteiger partial charge in [0.05, 0.1) is 0 Å². The Hall–Kier alpha value is -2.37. The number of likely N-dealkylation sites (N-methyl/N-ethyl adjacent to an activating group) is 1. The topological polar surface area (TPSA) is 34.1 Å². The summed E-state index contributed by atoms with van der Waals surface area (Å²) >= 11 is 0. The fraction of sp³-hybridized carbons (Fsp3) is 0.435.